The number of sulfone groups is 1. The van der Waals surface area contributed by atoms with Gasteiger partial charge in [-0.15, -0.1) is 0 Å². The average molecular weight is 387 g/mol. The normalized spacial score (nSPS) is 24.7. The van der Waals surface area contributed by atoms with E-state index in [9.17, 15) is 26.4 Å². The second-order valence-electron chi connectivity index (χ2n) is 6.54. The number of nitriles is 1. The molecule has 0 unspecified atom stereocenters. The van der Waals surface area contributed by atoms with Crippen LogP contribution in [0.5, 0.6) is 0 Å². The summed E-state index contributed by atoms with van der Waals surface area (Å²) in [7, 11) is -4.28. The molecule has 6 nitrogen and oxygen atoms in total. The van der Waals surface area contributed by atoms with Gasteiger partial charge in [-0.25, -0.2) is 8.42 Å². The maximum Gasteiger partial charge on any atom is 0.417 e. The molecule has 0 spiro atoms. The highest BCUT2D eigenvalue weighted by Gasteiger charge is 2.48. The molecule has 2 atom stereocenters. The number of rotatable bonds is 4. The van der Waals surface area contributed by atoms with Gasteiger partial charge in [-0.05, 0) is 31.4 Å². The highest BCUT2D eigenvalue weighted by Crippen LogP contribution is 2.37. The second-order valence-corrected chi connectivity index (χ2v) is 8.74. The first-order chi connectivity index (χ1) is 12.1. The van der Waals surface area contributed by atoms with Crippen molar-refractivity contribution in [2.45, 2.75) is 47.2 Å². The van der Waals surface area contributed by atoms with E-state index < -0.39 is 49.2 Å². The zero-order valence-electron chi connectivity index (χ0n) is 13.5. The van der Waals surface area contributed by atoms with Gasteiger partial charge in [0.1, 0.15) is 5.54 Å². The van der Waals surface area contributed by atoms with Gasteiger partial charge >= 0.3 is 6.18 Å². The Morgan fingerprint density at radius 1 is 1.31 bits per heavy atom. The molecular weight excluding hydrogens is 371 g/mol. The number of alkyl halides is 3. The largest absolute Gasteiger partial charge is 0.417 e. The molecule has 2 N–H and O–H groups in total. The van der Waals surface area contributed by atoms with Crippen LogP contribution in [-0.2, 0) is 20.8 Å². The summed E-state index contributed by atoms with van der Waals surface area (Å²) in [5.41, 5.74) is -2.10. The minimum Gasteiger partial charge on any atom is -0.336 e. The highest BCUT2D eigenvalue weighted by atomic mass is 32.2. The third kappa shape index (κ3) is 3.41. The number of carbonyl (C=O) groups excluding carboxylic acids is 1. The second kappa shape index (κ2) is 6.25. The predicted octanol–water partition coefficient (Wildman–Crippen LogP) is 1.38. The Morgan fingerprint density at radius 2 is 1.96 bits per heavy atom. The minimum atomic E-state index is -4.79. The fourth-order valence-electron chi connectivity index (χ4n) is 2.98. The monoisotopic (exact) mass is 387 g/mol. The quantitative estimate of drug-likeness (QED) is 0.813. The van der Waals surface area contributed by atoms with Crippen LogP contribution in [0.2, 0.25) is 0 Å². The van der Waals surface area contributed by atoms with E-state index in [2.05, 4.69) is 10.6 Å². The summed E-state index contributed by atoms with van der Waals surface area (Å²) in [6.45, 7) is -0.133. The summed E-state index contributed by atoms with van der Waals surface area (Å²) < 4.78 is 64.8. The van der Waals surface area contributed by atoms with Gasteiger partial charge in [0.15, 0.2) is 9.84 Å². The van der Waals surface area contributed by atoms with Crippen LogP contribution in [-0.4, -0.2) is 37.7 Å². The fraction of sp³-hybridized carbons (Fsp3) is 0.500. The van der Waals surface area contributed by atoms with Crippen molar-refractivity contribution < 1.29 is 26.4 Å². The van der Waals surface area contributed by atoms with E-state index in [-0.39, 0.29) is 13.0 Å². The average Bonchev–Trinajstić information content (AvgIpc) is 3.17. The van der Waals surface area contributed by atoms with Crippen molar-refractivity contribution in [2.24, 2.45) is 0 Å². The topological polar surface area (TPSA) is 99.1 Å². The van der Waals surface area contributed by atoms with Crippen molar-refractivity contribution in [3.8, 4) is 6.07 Å². The molecular formula is C16H16F3N3O3S. The van der Waals surface area contributed by atoms with Gasteiger partial charge in [0.05, 0.1) is 27.8 Å². The Kier molecular flexibility index (Phi) is 4.48. The molecule has 0 aromatic heterocycles. The fourth-order valence-corrected chi connectivity index (χ4v) is 4.86. The van der Waals surface area contributed by atoms with Crippen LogP contribution in [0.1, 0.15) is 24.8 Å². The van der Waals surface area contributed by atoms with E-state index in [1.165, 1.54) is 6.07 Å². The van der Waals surface area contributed by atoms with E-state index in [4.69, 9.17) is 5.26 Å². The lowest BCUT2D eigenvalue weighted by atomic mass is 10.2. The number of hydrogen-bond acceptors (Lipinski definition) is 5. The smallest absolute Gasteiger partial charge is 0.336 e. The van der Waals surface area contributed by atoms with Gasteiger partial charge in [0.25, 0.3) is 0 Å². The molecule has 0 bridgehead atoms. The van der Waals surface area contributed by atoms with E-state index in [1.807, 2.05) is 6.07 Å². The van der Waals surface area contributed by atoms with Gasteiger partial charge in [-0.2, -0.15) is 18.4 Å². The number of nitrogens with one attached hydrogen (secondary N) is 2. The lowest BCUT2D eigenvalue weighted by Crippen LogP contribution is -2.45. The molecule has 3 rings (SSSR count). The molecule has 2 aliphatic rings. The Balaban J connectivity index is 1.78. The van der Waals surface area contributed by atoms with Crippen molar-refractivity contribution >= 4 is 15.7 Å². The Bertz CT molecular complexity index is 873. The number of hydrogen-bond donors (Lipinski definition) is 2. The molecule has 1 aromatic carbocycles. The predicted molar refractivity (Wildman–Crippen MR) is 84.5 cm³/mol. The van der Waals surface area contributed by atoms with Gasteiger partial charge < -0.3 is 10.6 Å². The molecule has 140 valence electrons. The van der Waals surface area contributed by atoms with Crippen molar-refractivity contribution in [3.05, 3.63) is 29.8 Å². The first-order valence-corrected chi connectivity index (χ1v) is 9.50. The van der Waals surface area contributed by atoms with Gasteiger partial charge in [-0.3, -0.25) is 4.79 Å². The van der Waals surface area contributed by atoms with Crippen molar-refractivity contribution in [1.82, 2.24) is 10.6 Å². The number of amides is 1. The third-order valence-electron chi connectivity index (χ3n) is 4.67. The van der Waals surface area contributed by atoms with E-state index in [1.54, 1.807) is 0 Å². The Labute approximate surface area is 148 Å². The molecule has 1 saturated heterocycles. The molecule has 2 fully saturated rings. The van der Waals surface area contributed by atoms with Gasteiger partial charge in [-0.1, -0.05) is 12.1 Å². The van der Waals surface area contributed by atoms with Crippen molar-refractivity contribution in [1.29, 1.82) is 5.26 Å². The number of benzene rings is 1. The molecule has 1 aliphatic carbocycles. The maximum absolute atomic E-state index is 13.1. The van der Waals surface area contributed by atoms with E-state index >= 15 is 0 Å². The Morgan fingerprint density at radius 3 is 2.54 bits per heavy atom. The minimum absolute atomic E-state index is 0.133. The van der Waals surface area contributed by atoms with Crippen LogP contribution < -0.4 is 10.6 Å². The summed E-state index contributed by atoms with van der Waals surface area (Å²) in [6.07, 6.45) is -3.88. The lowest BCUT2D eigenvalue weighted by molar-refractivity contribution is -0.139. The van der Waals surface area contributed by atoms with Crippen LogP contribution in [0, 0.1) is 11.3 Å². The third-order valence-corrected chi connectivity index (χ3v) is 6.88. The molecule has 1 aliphatic heterocycles. The van der Waals surface area contributed by atoms with Gasteiger partial charge in [0.2, 0.25) is 5.91 Å². The molecule has 1 amide bonds. The zero-order chi connectivity index (χ0) is 19.2. The first kappa shape index (κ1) is 18.7. The van der Waals surface area contributed by atoms with Crippen LogP contribution in [0.3, 0.4) is 0 Å². The summed E-state index contributed by atoms with van der Waals surface area (Å²) in [4.78, 5) is 11.4. The van der Waals surface area contributed by atoms with E-state index in [0.29, 0.717) is 12.8 Å². The lowest BCUT2D eigenvalue weighted by Gasteiger charge is -2.17. The van der Waals surface area contributed by atoms with Crippen LogP contribution >= 0.6 is 0 Å². The Hall–Kier alpha value is -2.12. The molecule has 0 radical (unpaired) electrons. The van der Waals surface area contributed by atoms with Crippen LogP contribution in [0.15, 0.2) is 29.2 Å². The summed E-state index contributed by atoms with van der Waals surface area (Å²) in [5, 5.41) is 13.1. The maximum atomic E-state index is 13.1. The van der Waals surface area contributed by atoms with Gasteiger partial charge in [0, 0.05) is 6.54 Å². The summed E-state index contributed by atoms with van der Waals surface area (Å²) >= 11 is 0. The first-order valence-electron chi connectivity index (χ1n) is 7.96. The van der Waals surface area contributed by atoms with Crippen molar-refractivity contribution in [3.63, 3.8) is 0 Å². The summed E-state index contributed by atoms with van der Waals surface area (Å²) in [5.74, 6) is -0.508. The van der Waals surface area contributed by atoms with E-state index in [0.717, 1.165) is 18.2 Å². The SMILES string of the molecule is N#CC1(NC(=O)[C@@H]2C[C@H](S(=O)(=O)c3ccccc3C(F)(F)F)CN2)CC1. The van der Waals surface area contributed by atoms with Crippen LogP contribution in [0.25, 0.3) is 0 Å². The molecule has 1 aromatic rings. The molecule has 10 heteroatoms. The highest BCUT2D eigenvalue weighted by molar-refractivity contribution is 7.92. The number of carbonyl (C=O) groups is 1. The molecule has 1 heterocycles. The molecule has 1 saturated carbocycles. The number of halogens is 3. The van der Waals surface area contributed by atoms with Crippen LogP contribution in [0.4, 0.5) is 13.2 Å². The zero-order valence-corrected chi connectivity index (χ0v) is 14.3. The number of nitrogens with zero attached hydrogens (tertiary/aromatic N) is 1. The molecule has 26 heavy (non-hydrogen) atoms. The summed E-state index contributed by atoms with van der Waals surface area (Å²) in [6, 6.07) is 5.15. The standard InChI is InChI=1S/C16H16F3N3O3S/c17-16(18,19)11-3-1-2-4-13(11)26(24,25)10-7-12(21-8-10)14(23)22-15(9-20)5-6-15/h1-4,10,12,21H,5-8H2,(H,22,23)/t10-,12-/m0/s1. The van der Waals surface area contributed by atoms with Crippen molar-refractivity contribution in [2.75, 3.05) is 6.54 Å².